The molecule has 0 spiro atoms. The highest BCUT2D eigenvalue weighted by Gasteiger charge is 2.03. The summed E-state index contributed by atoms with van der Waals surface area (Å²) in [4.78, 5) is 0. The van der Waals surface area contributed by atoms with Crippen molar-refractivity contribution < 1.29 is 4.74 Å². The molecule has 13 heavy (non-hydrogen) atoms. The molecule has 0 atom stereocenters. The Morgan fingerprint density at radius 2 is 2.00 bits per heavy atom. The van der Waals surface area contributed by atoms with Crippen LogP contribution in [0.2, 0.25) is 0 Å². The van der Waals surface area contributed by atoms with Gasteiger partial charge in [-0.25, -0.2) is 0 Å². The third kappa shape index (κ3) is 2.00. The molecule has 0 aliphatic heterocycles. The number of ether oxygens (including phenoxy) is 1. The Balaban J connectivity index is 3.16. The second-order valence-corrected chi connectivity index (χ2v) is 3.08. The van der Waals surface area contributed by atoms with Gasteiger partial charge in [-0.1, -0.05) is 6.07 Å². The lowest BCUT2D eigenvalue weighted by atomic mass is 10.0. The highest BCUT2D eigenvalue weighted by molar-refractivity contribution is 5.42. The van der Waals surface area contributed by atoms with Crippen molar-refractivity contribution in [3.05, 3.63) is 28.8 Å². The van der Waals surface area contributed by atoms with Crippen LogP contribution in [-0.4, -0.2) is 7.11 Å². The van der Waals surface area contributed by atoms with Gasteiger partial charge in [-0.2, -0.15) is 5.26 Å². The molecule has 0 aromatic heterocycles. The van der Waals surface area contributed by atoms with E-state index in [-0.39, 0.29) is 0 Å². The summed E-state index contributed by atoms with van der Waals surface area (Å²) in [6.07, 6.45) is 0.447. The second kappa shape index (κ2) is 3.95. The minimum absolute atomic E-state index is 0.447. The number of benzene rings is 1. The first-order valence-electron chi connectivity index (χ1n) is 4.20. The molecular formula is C11H13NO. The van der Waals surface area contributed by atoms with E-state index in [1.54, 1.807) is 7.11 Å². The summed E-state index contributed by atoms with van der Waals surface area (Å²) in [5, 5.41) is 8.59. The van der Waals surface area contributed by atoms with Crippen molar-refractivity contribution in [2.24, 2.45) is 0 Å². The van der Waals surface area contributed by atoms with Gasteiger partial charge < -0.3 is 4.74 Å². The summed E-state index contributed by atoms with van der Waals surface area (Å²) in [5.41, 5.74) is 3.31. The van der Waals surface area contributed by atoms with E-state index in [1.807, 2.05) is 26.0 Å². The molecule has 68 valence electrons. The number of nitrogens with zero attached hydrogens (tertiary/aromatic N) is 1. The van der Waals surface area contributed by atoms with Crippen molar-refractivity contribution in [1.82, 2.24) is 0 Å². The predicted octanol–water partition coefficient (Wildman–Crippen LogP) is 2.38. The number of nitriles is 1. The first-order chi connectivity index (χ1) is 6.19. The number of aryl methyl sites for hydroxylation is 2. The van der Waals surface area contributed by atoms with Gasteiger partial charge in [0, 0.05) is 0 Å². The normalized spacial score (nSPS) is 9.38. The summed E-state index contributed by atoms with van der Waals surface area (Å²) < 4.78 is 5.18. The Hall–Kier alpha value is -1.49. The van der Waals surface area contributed by atoms with E-state index in [4.69, 9.17) is 10.00 Å². The van der Waals surface area contributed by atoms with E-state index in [9.17, 15) is 0 Å². The van der Waals surface area contributed by atoms with Gasteiger partial charge in [0.2, 0.25) is 0 Å². The van der Waals surface area contributed by atoms with Crippen molar-refractivity contribution in [3.8, 4) is 11.8 Å². The van der Waals surface area contributed by atoms with Crippen LogP contribution in [0.15, 0.2) is 12.1 Å². The summed E-state index contributed by atoms with van der Waals surface area (Å²) in [7, 11) is 1.65. The molecule has 0 aliphatic rings. The number of hydrogen-bond acceptors (Lipinski definition) is 2. The zero-order valence-corrected chi connectivity index (χ0v) is 8.22. The largest absolute Gasteiger partial charge is 0.496 e. The van der Waals surface area contributed by atoms with E-state index in [1.165, 1.54) is 0 Å². The standard InChI is InChI=1S/C11H13NO/c1-8-6-9(2)11(13-3)7-10(8)4-5-12/h6-7H,4H2,1-3H3. The molecule has 1 aromatic carbocycles. The second-order valence-electron chi connectivity index (χ2n) is 3.08. The molecule has 0 saturated heterocycles. The Morgan fingerprint density at radius 3 is 2.54 bits per heavy atom. The van der Waals surface area contributed by atoms with Gasteiger partial charge in [-0.15, -0.1) is 0 Å². The lowest BCUT2D eigenvalue weighted by Crippen LogP contribution is -1.93. The van der Waals surface area contributed by atoms with E-state index >= 15 is 0 Å². The van der Waals surface area contributed by atoms with Crippen molar-refractivity contribution >= 4 is 0 Å². The van der Waals surface area contributed by atoms with Crippen LogP contribution in [0.1, 0.15) is 16.7 Å². The van der Waals surface area contributed by atoms with Crippen molar-refractivity contribution in [3.63, 3.8) is 0 Å². The van der Waals surface area contributed by atoms with Gasteiger partial charge in [-0.3, -0.25) is 0 Å². The molecule has 0 aliphatic carbocycles. The van der Waals surface area contributed by atoms with Gasteiger partial charge in [0.1, 0.15) is 5.75 Å². The quantitative estimate of drug-likeness (QED) is 0.691. The molecule has 1 rings (SSSR count). The Labute approximate surface area is 78.8 Å². The fourth-order valence-electron chi connectivity index (χ4n) is 1.37. The third-order valence-corrected chi connectivity index (χ3v) is 2.12. The number of rotatable bonds is 2. The summed E-state index contributed by atoms with van der Waals surface area (Å²) in [6, 6.07) is 6.13. The van der Waals surface area contributed by atoms with Gasteiger partial charge in [0.05, 0.1) is 19.6 Å². The number of hydrogen-bond donors (Lipinski definition) is 0. The van der Waals surface area contributed by atoms with Crippen LogP contribution in [0.25, 0.3) is 0 Å². The first-order valence-corrected chi connectivity index (χ1v) is 4.20. The average molecular weight is 175 g/mol. The minimum atomic E-state index is 0.447. The predicted molar refractivity (Wildman–Crippen MR) is 51.8 cm³/mol. The molecule has 0 N–H and O–H groups in total. The minimum Gasteiger partial charge on any atom is -0.496 e. The average Bonchev–Trinajstić information content (AvgIpc) is 2.10. The Kier molecular flexibility index (Phi) is 2.92. The zero-order valence-electron chi connectivity index (χ0n) is 8.22. The maximum absolute atomic E-state index is 8.59. The highest BCUT2D eigenvalue weighted by atomic mass is 16.5. The molecule has 2 heteroatoms. The monoisotopic (exact) mass is 175 g/mol. The molecule has 0 heterocycles. The molecule has 0 amide bonds. The van der Waals surface area contributed by atoms with E-state index in [0.717, 1.165) is 22.4 Å². The third-order valence-electron chi connectivity index (χ3n) is 2.12. The molecule has 0 unspecified atom stereocenters. The van der Waals surface area contributed by atoms with Crippen molar-refractivity contribution in [1.29, 1.82) is 5.26 Å². The van der Waals surface area contributed by atoms with Crippen LogP contribution < -0.4 is 4.74 Å². The Morgan fingerprint density at radius 1 is 1.31 bits per heavy atom. The van der Waals surface area contributed by atoms with E-state index < -0.39 is 0 Å². The SMILES string of the molecule is COc1cc(CC#N)c(C)cc1C. The maximum atomic E-state index is 8.59. The molecule has 0 fully saturated rings. The van der Waals surface area contributed by atoms with Crippen LogP contribution >= 0.6 is 0 Å². The van der Waals surface area contributed by atoms with Crippen molar-refractivity contribution in [2.75, 3.05) is 7.11 Å². The molecule has 0 radical (unpaired) electrons. The van der Waals surface area contributed by atoms with Crippen LogP contribution in [0.5, 0.6) is 5.75 Å². The summed E-state index contributed by atoms with van der Waals surface area (Å²) >= 11 is 0. The van der Waals surface area contributed by atoms with Gasteiger partial charge in [0.25, 0.3) is 0 Å². The number of methoxy groups -OCH3 is 1. The lowest BCUT2D eigenvalue weighted by molar-refractivity contribution is 0.411. The first kappa shape index (κ1) is 9.60. The molecule has 2 nitrogen and oxygen atoms in total. The smallest absolute Gasteiger partial charge is 0.122 e. The van der Waals surface area contributed by atoms with Crippen molar-refractivity contribution in [2.45, 2.75) is 20.3 Å². The van der Waals surface area contributed by atoms with Crippen LogP contribution in [0.3, 0.4) is 0 Å². The maximum Gasteiger partial charge on any atom is 0.122 e. The van der Waals surface area contributed by atoms with Gasteiger partial charge >= 0.3 is 0 Å². The van der Waals surface area contributed by atoms with Crippen LogP contribution in [-0.2, 0) is 6.42 Å². The van der Waals surface area contributed by atoms with E-state index in [0.29, 0.717) is 6.42 Å². The topological polar surface area (TPSA) is 33.0 Å². The fourth-order valence-corrected chi connectivity index (χ4v) is 1.37. The molecule has 0 bridgehead atoms. The summed E-state index contributed by atoms with van der Waals surface area (Å²) in [6.45, 7) is 4.01. The van der Waals surface area contributed by atoms with Gasteiger partial charge in [-0.05, 0) is 36.6 Å². The molecular weight excluding hydrogens is 162 g/mol. The van der Waals surface area contributed by atoms with E-state index in [2.05, 4.69) is 6.07 Å². The Bertz CT molecular complexity index is 350. The lowest BCUT2D eigenvalue weighted by Gasteiger charge is -2.08. The fraction of sp³-hybridized carbons (Fsp3) is 0.364. The van der Waals surface area contributed by atoms with Gasteiger partial charge in [0.15, 0.2) is 0 Å². The molecule has 1 aromatic rings. The summed E-state index contributed by atoms with van der Waals surface area (Å²) in [5.74, 6) is 0.857. The van der Waals surface area contributed by atoms with Crippen LogP contribution in [0.4, 0.5) is 0 Å². The molecule has 0 saturated carbocycles. The highest BCUT2D eigenvalue weighted by Crippen LogP contribution is 2.22. The zero-order chi connectivity index (χ0) is 9.84. The van der Waals surface area contributed by atoms with Crippen LogP contribution in [0, 0.1) is 25.2 Å².